The van der Waals surface area contributed by atoms with E-state index >= 15 is 0 Å². The van der Waals surface area contributed by atoms with E-state index in [0.29, 0.717) is 0 Å². The van der Waals surface area contributed by atoms with Crippen LogP contribution in [0, 0.1) is 0 Å². The normalized spacial score (nSPS) is 21.8. The van der Waals surface area contributed by atoms with Crippen LogP contribution in [0.3, 0.4) is 0 Å². The van der Waals surface area contributed by atoms with Gasteiger partial charge in [-0.1, -0.05) is 24.6 Å². The molecule has 0 aromatic heterocycles. The van der Waals surface area contributed by atoms with Crippen LogP contribution in [0.2, 0.25) is 0 Å². The number of hydrogen-bond donors (Lipinski definition) is 1. The van der Waals surface area contributed by atoms with Crippen molar-refractivity contribution in [1.82, 2.24) is 9.80 Å². The van der Waals surface area contributed by atoms with Gasteiger partial charge in [0.15, 0.2) is 0 Å². The number of hydrogen-bond acceptors (Lipinski definition) is 4. The Kier molecular flexibility index (Phi) is 6.94. The third kappa shape index (κ3) is 4.60. The molecular weight excluding hydrogens is 424 g/mol. The maximum absolute atomic E-state index is 12.6. The lowest BCUT2D eigenvalue weighted by Crippen LogP contribution is -2.53. The van der Waals surface area contributed by atoms with E-state index in [0.717, 1.165) is 76.1 Å². The number of rotatable bonds is 3. The first-order chi connectivity index (χ1) is 16.7. The van der Waals surface area contributed by atoms with Crippen molar-refractivity contribution in [3.63, 3.8) is 0 Å². The number of benzene rings is 2. The molecule has 6 rings (SSSR count). The second-order valence-corrected chi connectivity index (χ2v) is 10.3. The van der Waals surface area contributed by atoms with Gasteiger partial charge in [0.05, 0.1) is 0 Å². The van der Waals surface area contributed by atoms with Crippen LogP contribution in [0.4, 0.5) is 0 Å². The molecule has 1 amide bonds. The van der Waals surface area contributed by atoms with Gasteiger partial charge in [0.1, 0.15) is 11.4 Å². The number of likely N-dealkylation sites (tertiary alicyclic amines) is 2. The number of aliphatic hydroxyl groups excluding tert-OH is 1. The predicted octanol–water partition coefficient (Wildman–Crippen LogP) is 4.91. The van der Waals surface area contributed by atoms with Crippen molar-refractivity contribution >= 4 is 5.91 Å². The topological polar surface area (TPSA) is 53.0 Å². The van der Waals surface area contributed by atoms with Crippen molar-refractivity contribution in [2.45, 2.75) is 69.4 Å². The standard InChI is InChI=1S/C28H34N2O2.CH4O/c31-27(30-16-1-2-17-30)22-8-6-21(7-9-22)23-10-11-26-24(20-23)12-13-28(32-26)14-18-29(19-15-28)25-4-3-5-25;1-2/h6-11,20,25H,1-5,12-19H2;2H,1H3. The van der Waals surface area contributed by atoms with Gasteiger partial charge in [-0.25, -0.2) is 0 Å². The van der Waals surface area contributed by atoms with Gasteiger partial charge in [-0.05, 0) is 92.3 Å². The summed E-state index contributed by atoms with van der Waals surface area (Å²) in [5, 5.41) is 7.00. The van der Waals surface area contributed by atoms with Crippen LogP contribution in [0.15, 0.2) is 42.5 Å². The third-order valence-corrected chi connectivity index (χ3v) is 8.40. The van der Waals surface area contributed by atoms with Crippen LogP contribution in [0.5, 0.6) is 5.75 Å². The Morgan fingerprint density at radius 2 is 1.56 bits per heavy atom. The summed E-state index contributed by atoms with van der Waals surface area (Å²) in [6.45, 7) is 4.18. The number of piperidine rings is 1. The van der Waals surface area contributed by atoms with Crippen molar-refractivity contribution in [3.8, 4) is 16.9 Å². The molecule has 2 aromatic rings. The number of aryl methyl sites for hydroxylation is 1. The number of ether oxygens (including phenoxy) is 1. The first-order valence-electron chi connectivity index (χ1n) is 13.1. The first-order valence-corrected chi connectivity index (χ1v) is 13.1. The van der Waals surface area contributed by atoms with Gasteiger partial charge >= 0.3 is 0 Å². The van der Waals surface area contributed by atoms with Crippen LogP contribution < -0.4 is 4.74 Å². The highest BCUT2D eigenvalue weighted by atomic mass is 16.5. The molecule has 1 spiro atoms. The third-order valence-electron chi connectivity index (χ3n) is 8.40. The highest BCUT2D eigenvalue weighted by Gasteiger charge is 2.41. The van der Waals surface area contributed by atoms with E-state index in [-0.39, 0.29) is 11.5 Å². The average Bonchev–Trinajstić information content (AvgIpc) is 3.40. The smallest absolute Gasteiger partial charge is 0.253 e. The minimum atomic E-state index is 0.0480. The highest BCUT2D eigenvalue weighted by molar-refractivity contribution is 5.94. The highest BCUT2D eigenvalue weighted by Crippen LogP contribution is 2.42. The van der Waals surface area contributed by atoms with Gasteiger partial charge in [0, 0.05) is 44.9 Å². The molecule has 2 aromatic carbocycles. The monoisotopic (exact) mass is 462 g/mol. The zero-order valence-corrected chi connectivity index (χ0v) is 20.5. The lowest BCUT2D eigenvalue weighted by Gasteiger charge is -2.48. The average molecular weight is 463 g/mol. The van der Waals surface area contributed by atoms with Crippen LogP contribution in [0.1, 0.15) is 67.3 Å². The molecule has 0 radical (unpaired) electrons. The maximum atomic E-state index is 12.6. The number of amides is 1. The van der Waals surface area contributed by atoms with E-state index in [1.807, 2.05) is 17.0 Å². The molecular formula is C29H38N2O3. The number of carbonyl (C=O) groups is 1. The summed E-state index contributed by atoms with van der Waals surface area (Å²) in [4.78, 5) is 17.3. The summed E-state index contributed by atoms with van der Waals surface area (Å²) in [5.41, 5.74) is 4.55. The van der Waals surface area contributed by atoms with Crippen LogP contribution in [-0.4, -0.2) is 65.7 Å². The Morgan fingerprint density at radius 1 is 0.882 bits per heavy atom. The van der Waals surface area contributed by atoms with Crippen molar-refractivity contribution in [3.05, 3.63) is 53.6 Å². The molecule has 1 N–H and O–H groups in total. The summed E-state index contributed by atoms with van der Waals surface area (Å²) < 4.78 is 6.66. The molecule has 3 aliphatic heterocycles. The summed E-state index contributed by atoms with van der Waals surface area (Å²) in [6, 6.07) is 15.6. The van der Waals surface area contributed by atoms with E-state index in [4.69, 9.17) is 9.84 Å². The molecule has 5 heteroatoms. The van der Waals surface area contributed by atoms with Gasteiger partial charge in [-0.2, -0.15) is 0 Å². The van der Waals surface area contributed by atoms with Crippen LogP contribution in [0.25, 0.3) is 11.1 Å². The molecule has 3 heterocycles. The van der Waals surface area contributed by atoms with E-state index < -0.39 is 0 Å². The van der Waals surface area contributed by atoms with Crippen molar-refractivity contribution in [2.75, 3.05) is 33.3 Å². The van der Waals surface area contributed by atoms with E-state index in [2.05, 4.69) is 35.2 Å². The van der Waals surface area contributed by atoms with Crippen LogP contribution in [-0.2, 0) is 6.42 Å². The Bertz CT molecular complexity index is 985. The summed E-state index contributed by atoms with van der Waals surface area (Å²) in [6.07, 6.45) is 11.0. The summed E-state index contributed by atoms with van der Waals surface area (Å²) in [7, 11) is 1.00. The molecule has 2 saturated heterocycles. The van der Waals surface area contributed by atoms with Crippen molar-refractivity contribution in [1.29, 1.82) is 0 Å². The zero-order chi connectivity index (χ0) is 23.5. The van der Waals surface area contributed by atoms with Crippen LogP contribution >= 0.6 is 0 Å². The van der Waals surface area contributed by atoms with Gasteiger partial charge in [-0.15, -0.1) is 0 Å². The number of fused-ring (bicyclic) bond motifs is 1. The SMILES string of the molecule is CO.O=C(c1ccc(-c2ccc3c(c2)CCC2(CCN(C4CCC4)CC2)O3)cc1)N1CCCC1. The fraction of sp³-hybridized carbons (Fsp3) is 0.552. The molecule has 0 atom stereocenters. The Morgan fingerprint density at radius 3 is 2.21 bits per heavy atom. The van der Waals surface area contributed by atoms with E-state index in [1.165, 1.54) is 49.0 Å². The minimum Gasteiger partial charge on any atom is -0.487 e. The molecule has 5 nitrogen and oxygen atoms in total. The largest absolute Gasteiger partial charge is 0.487 e. The van der Waals surface area contributed by atoms with Crippen molar-refractivity contribution in [2.24, 2.45) is 0 Å². The van der Waals surface area contributed by atoms with Crippen molar-refractivity contribution < 1.29 is 14.6 Å². The summed E-state index contributed by atoms with van der Waals surface area (Å²) in [5.74, 6) is 1.25. The zero-order valence-electron chi connectivity index (χ0n) is 20.5. The van der Waals surface area contributed by atoms with E-state index in [9.17, 15) is 4.79 Å². The molecule has 3 fully saturated rings. The summed E-state index contributed by atoms with van der Waals surface area (Å²) >= 11 is 0. The van der Waals surface area contributed by atoms with Gasteiger partial charge in [0.25, 0.3) is 5.91 Å². The fourth-order valence-electron chi connectivity index (χ4n) is 6.01. The van der Waals surface area contributed by atoms with E-state index in [1.54, 1.807) is 0 Å². The Balaban J connectivity index is 0.00000117. The predicted molar refractivity (Wildman–Crippen MR) is 135 cm³/mol. The quantitative estimate of drug-likeness (QED) is 0.704. The second-order valence-electron chi connectivity index (χ2n) is 10.3. The fourth-order valence-corrected chi connectivity index (χ4v) is 6.01. The molecule has 1 saturated carbocycles. The molecule has 1 aliphatic carbocycles. The van der Waals surface area contributed by atoms with Gasteiger partial charge < -0.3 is 19.6 Å². The Labute approximate surface area is 203 Å². The number of nitrogens with zero attached hydrogens (tertiary/aromatic N) is 2. The van der Waals surface area contributed by atoms with Gasteiger partial charge in [0.2, 0.25) is 0 Å². The van der Waals surface area contributed by atoms with Gasteiger partial charge in [-0.3, -0.25) is 4.79 Å². The lowest BCUT2D eigenvalue weighted by molar-refractivity contribution is -0.0336. The molecule has 4 aliphatic rings. The molecule has 182 valence electrons. The number of aliphatic hydroxyl groups is 1. The minimum absolute atomic E-state index is 0.0480. The maximum Gasteiger partial charge on any atom is 0.253 e. The Hall–Kier alpha value is -2.37. The molecule has 0 unspecified atom stereocenters. The number of carbonyl (C=O) groups excluding carboxylic acids is 1. The lowest BCUT2D eigenvalue weighted by atomic mass is 9.81. The first kappa shape index (κ1) is 23.4. The molecule has 34 heavy (non-hydrogen) atoms. The molecule has 0 bridgehead atoms. The second kappa shape index (κ2) is 10.1.